The highest BCUT2D eigenvalue weighted by Gasteiger charge is 2.10. The van der Waals surface area contributed by atoms with Crippen molar-refractivity contribution >= 4 is 11.3 Å². The lowest BCUT2D eigenvalue weighted by atomic mass is 10.2. The number of hydrogen-bond donors (Lipinski definition) is 1. The van der Waals surface area contributed by atoms with Crippen LogP contribution in [0.3, 0.4) is 0 Å². The Labute approximate surface area is 131 Å². The second kappa shape index (κ2) is 8.15. The highest BCUT2D eigenvalue weighted by Crippen LogP contribution is 2.27. The van der Waals surface area contributed by atoms with Crippen LogP contribution in [-0.4, -0.2) is 18.1 Å². The zero-order valence-corrected chi connectivity index (χ0v) is 13.9. The molecule has 0 saturated carbocycles. The van der Waals surface area contributed by atoms with Crippen LogP contribution in [-0.2, 0) is 0 Å². The summed E-state index contributed by atoms with van der Waals surface area (Å²) in [6.45, 7) is 8.24. The number of benzene rings is 1. The van der Waals surface area contributed by atoms with Crippen LogP contribution in [0.25, 0.3) is 10.6 Å². The van der Waals surface area contributed by atoms with Crippen LogP contribution in [0.1, 0.15) is 45.3 Å². The summed E-state index contributed by atoms with van der Waals surface area (Å²) < 4.78 is 5.61. The molecule has 3 nitrogen and oxygen atoms in total. The summed E-state index contributed by atoms with van der Waals surface area (Å²) in [5.74, 6) is 0.926. The molecule has 0 aliphatic rings. The van der Waals surface area contributed by atoms with E-state index >= 15 is 0 Å². The molecule has 1 N–H and O–H groups in total. The first-order chi connectivity index (χ1) is 10.2. The normalized spacial score (nSPS) is 12.3. The molecular formula is C17H24N2OS. The van der Waals surface area contributed by atoms with E-state index in [1.165, 1.54) is 0 Å². The SMILES string of the molecule is CCCNC(C)c1csc(-c2ccc(OCCC)cc2)n1. The molecule has 0 saturated heterocycles. The van der Waals surface area contributed by atoms with Gasteiger partial charge in [-0.05, 0) is 50.6 Å². The summed E-state index contributed by atoms with van der Waals surface area (Å²) in [5.41, 5.74) is 2.27. The summed E-state index contributed by atoms with van der Waals surface area (Å²) in [5, 5.41) is 6.68. The number of rotatable bonds is 8. The van der Waals surface area contributed by atoms with Crippen LogP contribution in [0.15, 0.2) is 29.6 Å². The minimum Gasteiger partial charge on any atom is -0.494 e. The standard InChI is InChI=1S/C17H24N2OS/c1-4-10-18-13(3)16-12-21-17(19-16)14-6-8-15(9-7-14)20-11-5-2/h6-9,12-13,18H,4-5,10-11H2,1-3H3. The lowest BCUT2D eigenvalue weighted by Crippen LogP contribution is -2.19. The van der Waals surface area contributed by atoms with E-state index in [1.807, 2.05) is 12.1 Å². The van der Waals surface area contributed by atoms with Crippen molar-refractivity contribution in [2.45, 2.75) is 39.7 Å². The molecule has 0 aliphatic carbocycles. The molecule has 4 heteroatoms. The van der Waals surface area contributed by atoms with Crippen LogP contribution < -0.4 is 10.1 Å². The first-order valence-electron chi connectivity index (χ1n) is 7.66. The summed E-state index contributed by atoms with van der Waals surface area (Å²) in [6, 6.07) is 8.51. The Morgan fingerprint density at radius 1 is 1.19 bits per heavy atom. The van der Waals surface area contributed by atoms with Gasteiger partial charge in [-0.15, -0.1) is 11.3 Å². The maximum absolute atomic E-state index is 5.61. The number of hydrogen-bond acceptors (Lipinski definition) is 4. The molecule has 1 unspecified atom stereocenters. The summed E-state index contributed by atoms with van der Waals surface area (Å²) in [6.07, 6.45) is 2.17. The van der Waals surface area contributed by atoms with Gasteiger partial charge >= 0.3 is 0 Å². The van der Waals surface area contributed by atoms with Crippen LogP contribution >= 0.6 is 11.3 Å². The molecule has 1 atom stereocenters. The van der Waals surface area contributed by atoms with Gasteiger partial charge in [0.2, 0.25) is 0 Å². The van der Waals surface area contributed by atoms with Crippen molar-refractivity contribution < 1.29 is 4.74 Å². The molecule has 2 rings (SSSR count). The second-order valence-corrected chi connectivity index (χ2v) is 5.98. The zero-order chi connectivity index (χ0) is 15.1. The molecule has 2 aromatic rings. The molecule has 0 spiro atoms. The fourth-order valence-corrected chi connectivity index (χ4v) is 2.92. The highest BCUT2D eigenvalue weighted by atomic mass is 32.1. The van der Waals surface area contributed by atoms with Crippen LogP contribution in [0.2, 0.25) is 0 Å². The first kappa shape index (κ1) is 16.0. The van der Waals surface area contributed by atoms with Crippen LogP contribution in [0, 0.1) is 0 Å². The van der Waals surface area contributed by atoms with E-state index in [1.54, 1.807) is 11.3 Å². The average molecular weight is 304 g/mol. The Balaban J connectivity index is 2.03. The monoisotopic (exact) mass is 304 g/mol. The van der Waals surface area contributed by atoms with Crippen LogP contribution in [0.4, 0.5) is 0 Å². The van der Waals surface area contributed by atoms with Crippen molar-refractivity contribution in [3.05, 3.63) is 35.3 Å². The van der Waals surface area contributed by atoms with Gasteiger partial charge < -0.3 is 10.1 Å². The maximum Gasteiger partial charge on any atom is 0.123 e. The van der Waals surface area contributed by atoms with Gasteiger partial charge in [-0.3, -0.25) is 0 Å². The van der Waals surface area contributed by atoms with Gasteiger partial charge in [-0.2, -0.15) is 0 Å². The smallest absolute Gasteiger partial charge is 0.123 e. The van der Waals surface area contributed by atoms with E-state index in [9.17, 15) is 0 Å². The summed E-state index contributed by atoms with van der Waals surface area (Å²) in [4.78, 5) is 4.74. The second-order valence-electron chi connectivity index (χ2n) is 5.13. The van der Waals surface area contributed by atoms with Crippen molar-refractivity contribution in [3.63, 3.8) is 0 Å². The van der Waals surface area contributed by atoms with E-state index in [0.29, 0.717) is 6.04 Å². The lowest BCUT2D eigenvalue weighted by Gasteiger charge is -2.09. The first-order valence-corrected chi connectivity index (χ1v) is 8.54. The fourth-order valence-electron chi connectivity index (χ4n) is 2.00. The molecule has 1 aromatic heterocycles. The van der Waals surface area contributed by atoms with Gasteiger partial charge in [0.25, 0.3) is 0 Å². The molecule has 0 bridgehead atoms. The molecule has 0 fully saturated rings. The minimum absolute atomic E-state index is 0.308. The van der Waals surface area contributed by atoms with Crippen LogP contribution in [0.5, 0.6) is 5.75 Å². The van der Waals surface area contributed by atoms with Gasteiger partial charge in [0.05, 0.1) is 12.3 Å². The van der Waals surface area contributed by atoms with E-state index in [0.717, 1.165) is 48.0 Å². The van der Waals surface area contributed by atoms with E-state index in [2.05, 4.69) is 43.6 Å². The number of thiazole rings is 1. The van der Waals surface area contributed by atoms with Gasteiger partial charge in [0, 0.05) is 17.0 Å². The Morgan fingerprint density at radius 2 is 1.95 bits per heavy atom. The highest BCUT2D eigenvalue weighted by molar-refractivity contribution is 7.13. The van der Waals surface area contributed by atoms with E-state index in [-0.39, 0.29) is 0 Å². The van der Waals surface area contributed by atoms with Gasteiger partial charge in [-0.1, -0.05) is 13.8 Å². The third-order valence-electron chi connectivity index (χ3n) is 3.24. The quantitative estimate of drug-likeness (QED) is 0.770. The number of aromatic nitrogens is 1. The van der Waals surface area contributed by atoms with Crippen molar-refractivity contribution in [1.82, 2.24) is 10.3 Å². The van der Waals surface area contributed by atoms with E-state index in [4.69, 9.17) is 9.72 Å². The van der Waals surface area contributed by atoms with Gasteiger partial charge in [0.1, 0.15) is 10.8 Å². The minimum atomic E-state index is 0.308. The fraction of sp³-hybridized carbons (Fsp3) is 0.471. The predicted octanol–water partition coefficient (Wildman–Crippen LogP) is 4.66. The number of nitrogens with one attached hydrogen (secondary N) is 1. The molecule has 21 heavy (non-hydrogen) atoms. The molecular weight excluding hydrogens is 280 g/mol. The Bertz CT molecular complexity index is 536. The topological polar surface area (TPSA) is 34.1 Å². The van der Waals surface area contributed by atoms with E-state index < -0.39 is 0 Å². The maximum atomic E-state index is 5.61. The van der Waals surface area contributed by atoms with Crippen molar-refractivity contribution in [1.29, 1.82) is 0 Å². The van der Waals surface area contributed by atoms with Crippen molar-refractivity contribution in [2.75, 3.05) is 13.2 Å². The Kier molecular flexibility index (Phi) is 6.21. The largest absolute Gasteiger partial charge is 0.494 e. The third-order valence-corrected chi connectivity index (χ3v) is 4.15. The molecule has 1 heterocycles. The van der Waals surface area contributed by atoms with Gasteiger partial charge in [0.15, 0.2) is 0 Å². The zero-order valence-electron chi connectivity index (χ0n) is 13.1. The number of ether oxygens (including phenoxy) is 1. The van der Waals surface area contributed by atoms with Crippen molar-refractivity contribution in [2.24, 2.45) is 0 Å². The average Bonchev–Trinajstić information content (AvgIpc) is 3.01. The predicted molar refractivity (Wildman–Crippen MR) is 90.0 cm³/mol. The molecule has 114 valence electrons. The van der Waals surface area contributed by atoms with Gasteiger partial charge in [-0.25, -0.2) is 4.98 Å². The number of nitrogens with zero attached hydrogens (tertiary/aromatic N) is 1. The lowest BCUT2D eigenvalue weighted by molar-refractivity contribution is 0.317. The third kappa shape index (κ3) is 4.55. The molecule has 0 radical (unpaired) electrons. The summed E-state index contributed by atoms with van der Waals surface area (Å²) >= 11 is 1.70. The summed E-state index contributed by atoms with van der Waals surface area (Å²) in [7, 11) is 0. The van der Waals surface area contributed by atoms with Crippen molar-refractivity contribution in [3.8, 4) is 16.3 Å². The molecule has 0 aliphatic heterocycles. The Hall–Kier alpha value is -1.39. The molecule has 1 aromatic carbocycles. The molecule has 0 amide bonds. The Morgan fingerprint density at radius 3 is 2.62 bits per heavy atom.